The maximum absolute atomic E-state index is 6.88. The molecule has 36 heavy (non-hydrogen) atoms. The van der Waals surface area contributed by atoms with Gasteiger partial charge in [0.1, 0.15) is 5.75 Å². The Morgan fingerprint density at radius 1 is 0.639 bits per heavy atom. The van der Waals surface area contributed by atoms with Crippen molar-refractivity contribution in [1.82, 2.24) is 0 Å². The van der Waals surface area contributed by atoms with E-state index in [-0.39, 0.29) is 0 Å². The van der Waals surface area contributed by atoms with Crippen molar-refractivity contribution in [3.63, 3.8) is 0 Å². The van der Waals surface area contributed by atoms with E-state index in [1.54, 1.807) is 5.56 Å². The summed E-state index contributed by atoms with van der Waals surface area (Å²) in [5.41, 5.74) is 7.13. The topological polar surface area (TPSA) is 18.5 Å². The Hall–Kier alpha value is -1.80. The Balaban J connectivity index is 1.47. The Morgan fingerprint density at radius 2 is 1.25 bits per heavy atom. The number of aryl methyl sites for hydroxylation is 3. The molecule has 2 saturated carbocycles. The Labute approximate surface area is 221 Å². The third-order valence-electron chi connectivity index (χ3n) is 8.81. The molecule has 4 rings (SSSR count). The third-order valence-corrected chi connectivity index (χ3v) is 8.81. The van der Waals surface area contributed by atoms with Gasteiger partial charge in [0, 0.05) is 7.11 Å². The van der Waals surface area contributed by atoms with Crippen LogP contribution in [-0.4, -0.2) is 19.3 Å². The molecule has 0 saturated heterocycles. The van der Waals surface area contributed by atoms with E-state index in [9.17, 15) is 0 Å². The number of hydrogen-bond donors (Lipinski definition) is 0. The molecule has 0 bridgehead atoms. The molecule has 6 unspecified atom stereocenters. The van der Waals surface area contributed by atoms with E-state index >= 15 is 0 Å². The first kappa shape index (κ1) is 27.2. The van der Waals surface area contributed by atoms with Crippen LogP contribution < -0.4 is 4.74 Å². The quantitative estimate of drug-likeness (QED) is 0.415. The first-order valence-corrected chi connectivity index (χ1v) is 14.7. The van der Waals surface area contributed by atoms with Gasteiger partial charge in [-0.3, -0.25) is 0 Å². The smallest absolute Gasteiger partial charge is 0.123 e. The summed E-state index contributed by atoms with van der Waals surface area (Å²) in [5.74, 6) is 3.81. The van der Waals surface area contributed by atoms with Gasteiger partial charge in [0.25, 0.3) is 0 Å². The van der Waals surface area contributed by atoms with Crippen molar-refractivity contribution >= 4 is 0 Å². The summed E-state index contributed by atoms with van der Waals surface area (Å²) < 4.78 is 12.6. The minimum atomic E-state index is 0.318. The fourth-order valence-corrected chi connectivity index (χ4v) is 7.13. The van der Waals surface area contributed by atoms with Crippen molar-refractivity contribution in [3.8, 4) is 5.75 Å². The average Bonchev–Trinajstić information content (AvgIpc) is 2.78. The molecular weight excluding hydrogens is 440 g/mol. The maximum Gasteiger partial charge on any atom is 0.123 e. The number of rotatable bonds is 5. The van der Waals surface area contributed by atoms with Crippen LogP contribution >= 0.6 is 0 Å². The van der Waals surface area contributed by atoms with Crippen LogP contribution in [0.4, 0.5) is 0 Å². The van der Waals surface area contributed by atoms with Crippen molar-refractivity contribution in [3.05, 3.63) is 64.2 Å². The molecule has 2 nitrogen and oxygen atoms in total. The molecule has 2 aromatic carbocycles. The van der Waals surface area contributed by atoms with Gasteiger partial charge in [0.15, 0.2) is 0 Å². The molecule has 0 aliphatic heterocycles. The Morgan fingerprint density at radius 3 is 2.00 bits per heavy atom. The van der Waals surface area contributed by atoms with E-state index in [0.29, 0.717) is 35.9 Å². The normalized spacial score (nSPS) is 30.1. The highest BCUT2D eigenvalue weighted by molar-refractivity contribution is 5.40. The zero-order valence-corrected chi connectivity index (χ0v) is 23.8. The second-order valence-electron chi connectivity index (χ2n) is 12.5. The first-order chi connectivity index (χ1) is 17.3. The lowest BCUT2D eigenvalue weighted by molar-refractivity contribution is 0.0468. The largest absolute Gasteiger partial charge is 0.490 e. The van der Waals surface area contributed by atoms with Crippen LogP contribution in [0.3, 0.4) is 0 Å². The molecule has 0 radical (unpaired) electrons. The summed E-state index contributed by atoms with van der Waals surface area (Å²) in [5, 5.41) is 0. The fraction of sp³-hybridized carbons (Fsp3) is 0.647. The minimum absolute atomic E-state index is 0.318. The van der Waals surface area contributed by atoms with Crippen molar-refractivity contribution in [2.45, 2.75) is 123 Å². The predicted octanol–water partition coefficient (Wildman–Crippen LogP) is 9.44. The predicted molar refractivity (Wildman–Crippen MR) is 152 cm³/mol. The lowest BCUT2D eigenvalue weighted by Crippen LogP contribution is -2.27. The lowest BCUT2D eigenvalue weighted by Gasteiger charge is -2.32. The molecular formula is C34H50O2. The van der Waals surface area contributed by atoms with Crippen LogP contribution in [0, 0.1) is 32.6 Å². The van der Waals surface area contributed by atoms with Crippen molar-refractivity contribution in [2.24, 2.45) is 11.8 Å². The number of methoxy groups -OCH3 is 1. The highest BCUT2D eigenvalue weighted by Crippen LogP contribution is 2.43. The average molecular weight is 491 g/mol. The van der Waals surface area contributed by atoms with Crippen LogP contribution in [0.2, 0.25) is 0 Å². The van der Waals surface area contributed by atoms with Gasteiger partial charge in [-0.1, -0.05) is 61.7 Å². The van der Waals surface area contributed by atoms with Gasteiger partial charge in [0.2, 0.25) is 0 Å². The zero-order valence-electron chi connectivity index (χ0n) is 23.8. The van der Waals surface area contributed by atoms with Gasteiger partial charge < -0.3 is 9.47 Å². The lowest BCUT2D eigenvalue weighted by atomic mass is 9.75. The first-order valence-electron chi connectivity index (χ1n) is 14.7. The second-order valence-corrected chi connectivity index (χ2v) is 12.5. The highest BCUT2D eigenvalue weighted by Gasteiger charge is 2.28. The van der Waals surface area contributed by atoms with E-state index in [2.05, 4.69) is 71.0 Å². The second kappa shape index (κ2) is 12.6. The molecule has 198 valence electrons. The van der Waals surface area contributed by atoms with Crippen molar-refractivity contribution < 1.29 is 9.47 Å². The zero-order chi connectivity index (χ0) is 25.7. The van der Waals surface area contributed by atoms with E-state index in [4.69, 9.17) is 9.47 Å². The van der Waals surface area contributed by atoms with Crippen LogP contribution in [-0.2, 0) is 4.74 Å². The minimum Gasteiger partial charge on any atom is -0.490 e. The monoisotopic (exact) mass is 490 g/mol. The van der Waals surface area contributed by atoms with Gasteiger partial charge in [0.05, 0.1) is 12.2 Å². The molecule has 2 aliphatic carbocycles. The molecule has 0 heterocycles. The van der Waals surface area contributed by atoms with Crippen LogP contribution in [0.25, 0.3) is 0 Å². The van der Waals surface area contributed by atoms with E-state index in [1.807, 2.05) is 7.11 Å². The van der Waals surface area contributed by atoms with Gasteiger partial charge in [-0.05, 0) is 125 Å². The van der Waals surface area contributed by atoms with Gasteiger partial charge in [-0.25, -0.2) is 0 Å². The summed E-state index contributed by atoms with van der Waals surface area (Å²) >= 11 is 0. The molecule has 0 N–H and O–H groups in total. The molecule has 2 fully saturated rings. The van der Waals surface area contributed by atoms with Crippen LogP contribution in [0.15, 0.2) is 36.4 Å². The summed E-state index contributed by atoms with van der Waals surface area (Å²) in [6, 6.07) is 14.2. The molecule has 0 aromatic heterocycles. The van der Waals surface area contributed by atoms with Crippen molar-refractivity contribution in [2.75, 3.05) is 7.11 Å². The van der Waals surface area contributed by atoms with E-state index in [0.717, 1.165) is 25.7 Å². The molecule has 6 atom stereocenters. The van der Waals surface area contributed by atoms with Crippen LogP contribution in [0.5, 0.6) is 5.75 Å². The standard InChI is InChI=1S/C34H50O2/c1-23-13-14-33(34(22-23)36-32-12-8-11-31(35-6)20-27(5)21-32)29-10-7-9-28(16-26(4)17-29)30-18-24(2)15-25(3)19-30/h13-15,18-19,22,26-29,31-32H,7-12,16-17,20-21H2,1-6H3. The number of hydrogen-bond acceptors (Lipinski definition) is 2. The summed E-state index contributed by atoms with van der Waals surface area (Å²) in [6.07, 6.45) is 12.9. The number of ether oxygens (including phenoxy) is 2. The number of benzene rings is 2. The van der Waals surface area contributed by atoms with E-state index < -0.39 is 0 Å². The summed E-state index contributed by atoms with van der Waals surface area (Å²) in [7, 11) is 1.87. The molecule has 0 spiro atoms. The van der Waals surface area contributed by atoms with E-state index in [1.165, 1.54) is 66.5 Å². The maximum atomic E-state index is 6.88. The van der Waals surface area contributed by atoms with Gasteiger partial charge in [-0.15, -0.1) is 0 Å². The van der Waals surface area contributed by atoms with Gasteiger partial charge in [-0.2, -0.15) is 0 Å². The summed E-state index contributed by atoms with van der Waals surface area (Å²) in [6.45, 7) is 11.5. The Kier molecular flexibility index (Phi) is 9.56. The van der Waals surface area contributed by atoms with Crippen LogP contribution in [0.1, 0.15) is 118 Å². The Bertz CT molecular complexity index is 959. The highest BCUT2D eigenvalue weighted by atomic mass is 16.5. The molecule has 0 amide bonds. The molecule has 2 heteroatoms. The molecule has 2 aromatic rings. The van der Waals surface area contributed by atoms with Crippen molar-refractivity contribution in [1.29, 1.82) is 0 Å². The fourth-order valence-electron chi connectivity index (χ4n) is 7.13. The third kappa shape index (κ3) is 7.37. The summed E-state index contributed by atoms with van der Waals surface area (Å²) in [4.78, 5) is 0. The van der Waals surface area contributed by atoms with Gasteiger partial charge >= 0.3 is 0 Å². The SMILES string of the molecule is COC1CCCC(Oc2cc(C)ccc2C2CCCC(c3cc(C)cc(C)c3)CC(C)C2)CC(C)C1. The molecule has 2 aliphatic rings.